The second kappa shape index (κ2) is 5.40. The topological polar surface area (TPSA) is 57.5 Å². The van der Waals surface area contributed by atoms with Crippen LogP contribution in [0.3, 0.4) is 0 Å². The molecule has 0 amide bonds. The molecule has 19 heavy (non-hydrogen) atoms. The number of aromatic hydroxyl groups is 1. The largest absolute Gasteiger partial charge is 0.508 e. The monoisotopic (exact) mass is 254 g/mol. The molecule has 0 atom stereocenters. The number of hydrogen-bond donors (Lipinski definition) is 2. The van der Waals surface area contributed by atoms with E-state index in [9.17, 15) is 9.90 Å². The Morgan fingerprint density at radius 1 is 1.05 bits per heavy atom. The highest BCUT2D eigenvalue weighted by atomic mass is 16.4. The molecule has 0 radical (unpaired) electrons. The van der Waals surface area contributed by atoms with Gasteiger partial charge < -0.3 is 10.2 Å². The van der Waals surface area contributed by atoms with Gasteiger partial charge in [0, 0.05) is 0 Å². The van der Waals surface area contributed by atoms with E-state index >= 15 is 0 Å². The number of phenols is 1. The van der Waals surface area contributed by atoms with Crippen LogP contribution in [-0.2, 0) is 0 Å². The van der Waals surface area contributed by atoms with E-state index < -0.39 is 5.97 Å². The van der Waals surface area contributed by atoms with Gasteiger partial charge in [-0.3, -0.25) is 0 Å². The molecule has 0 aromatic heterocycles. The molecule has 0 aliphatic carbocycles. The van der Waals surface area contributed by atoms with Gasteiger partial charge >= 0.3 is 5.97 Å². The van der Waals surface area contributed by atoms with Crippen LogP contribution in [0.15, 0.2) is 42.5 Å². The van der Waals surface area contributed by atoms with E-state index in [4.69, 9.17) is 5.11 Å². The fourth-order valence-corrected chi connectivity index (χ4v) is 1.77. The van der Waals surface area contributed by atoms with E-state index in [1.54, 1.807) is 42.5 Å². The summed E-state index contributed by atoms with van der Waals surface area (Å²) in [7, 11) is 0. The van der Waals surface area contributed by atoms with Crippen LogP contribution in [0, 0.1) is 6.92 Å². The molecule has 96 valence electrons. The first-order valence-corrected chi connectivity index (χ1v) is 5.87. The van der Waals surface area contributed by atoms with Gasteiger partial charge in [-0.25, -0.2) is 4.79 Å². The Balaban J connectivity index is 2.32. The summed E-state index contributed by atoms with van der Waals surface area (Å²) in [5.41, 5.74) is 2.76. The van der Waals surface area contributed by atoms with Crippen molar-refractivity contribution in [1.29, 1.82) is 0 Å². The van der Waals surface area contributed by atoms with E-state index in [1.807, 2.05) is 19.1 Å². The molecule has 0 bridgehead atoms. The quantitative estimate of drug-likeness (QED) is 0.823. The molecule has 0 aliphatic rings. The van der Waals surface area contributed by atoms with E-state index in [0.717, 1.165) is 11.1 Å². The van der Waals surface area contributed by atoms with Crippen molar-refractivity contribution in [3.05, 3.63) is 64.7 Å². The average molecular weight is 254 g/mol. The highest BCUT2D eigenvalue weighted by Gasteiger charge is 2.07. The van der Waals surface area contributed by atoms with E-state index in [0.29, 0.717) is 5.56 Å². The number of rotatable bonds is 3. The van der Waals surface area contributed by atoms with Crippen molar-refractivity contribution in [2.45, 2.75) is 6.92 Å². The van der Waals surface area contributed by atoms with Crippen LogP contribution in [0.4, 0.5) is 0 Å². The van der Waals surface area contributed by atoms with Crippen LogP contribution in [0.1, 0.15) is 27.0 Å². The van der Waals surface area contributed by atoms with Gasteiger partial charge in [0.05, 0.1) is 5.56 Å². The molecular formula is C16H14O3. The van der Waals surface area contributed by atoms with Crippen molar-refractivity contribution in [3.63, 3.8) is 0 Å². The summed E-state index contributed by atoms with van der Waals surface area (Å²) in [5, 5.41) is 18.3. The van der Waals surface area contributed by atoms with Crippen LogP contribution in [0.5, 0.6) is 5.75 Å². The fourth-order valence-electron chi connectivity index (χ4n) is 1.77. The third-order valence-corrected chi connectivity index (χ3v) is 2.79. The number of aryl methyl sites for hydroxylation is 1. The Morgan fingerprint density at radius 3 is 2.37 bits per heavy atom. The maximum atomic E-state index is 11.2. The second-order valence-corrected chi connectivity index (χ2v) is 4.32. The number of carboxylic acids is 1. The predicted molar refractivity (Wildman–Crippen MR) is 75.2 cm³/mol. The Bertz CT molecular complexity index is 625. The zero-order valence-corrected chi connectivity index (χ0v) is 10.5. The van der Waals surface area contributed by atoms with Crippen LogP contribution in [-0.4, -0.2) is 16.2 Å². The summed E-state index contributed by atoms with van der Waals surface area (Å²) in [6, 6.07) is 12.0. The van der Waals surface area contributed by atoms with Gasteiger partial charge in [-0.2, -0.15) is 0 Å². The molecule has 0 saturated carbocycles. The maximum absolute atomic E-state index is 11.2. The molecule has 3 nitrogen and oxygen atoms in total. The second-order valence-electron chi connectivity index (χ2n) is 4.32. The molecule has 0 heterocycles. The molecule has 2 aromatic carbocycles. The Morgan fingerprint density at radius 2 is 1.74 bits per heavy atom. The Kier molecular flexibility index (Phi) is 3.66. The number of hydrogen-bond acceptors (Lipinski definition) is 2. The summed E-state index contributed by atoms with van der Waals surface area (Å²) in [6.07, 6.45) is 3.58. The lowest BCUT2D eigenvalue weighted by Crippen LogP contribution is -1.99. The number of carbonyl (C=O) groups is 1. The number of benzene rings is 2. The number of phenolic OH excluding ortho intramolecular Hbond substituents is 1. The van der Waals surface area contributed by atoms with Gasteiger partial charge in [-0.05, 0) is 36.2 Å². The first-order chi connectivity index (χ1) is 9.06. The molecule has 2 rings (SSSR count). The molecule has 2 N–H and O–H groups in total. The standard InChI is InChI=1S/C16H14O3/c1-11-2-6-13(15(10-11)16(18)19)7-3-12-4-8-14(17)9-5-12/h2-10,17H,1H3,(H,18,19). The third kappa shape index (κ3) is 3.22. The molecule has 0 saturated heterocycles. The van der Waals surface area contributed by atoms with Crippen LogP contribution in [0.25, 0.3) is 12.2 Å². The fraction of sp³-hybridized carbons (Fsp3) is 0.0625. The van der Waals surface area contributed by atoms with Crippen molar-refractivity contribution in [2.24, 2.45) is 0 Å². The van der Waals surface area contributed by atoms with Gasteiger partial charge in [0.25, 0.3) is 0 Å². The maximum Gasteiger partial charge on any atom is 0.336 e. The van der Waals surface area contributed by atoms with Gasteiger partial charge in [0.15, 0.2) is 0 Å². The van der Waals surface area contributed by atoms with Crippen molar-refractivity contribution in [2.75, 3.05) is 0 Å². The molecule has 0 spiro atoms. The first kappa shape index (κ1) is 12.9. The van der Waals surface area contributed by atoms with Crippen molar-refractivity contribution in [1.82, 2.24) is 0 Å². The molecule has 3 heteroatoms. The van der Waals surface area contributed by atoms with E-state index in [-0.39, 0.29) is 11.3 Å². The number of carboxylic acid groups (broad SMARTS) is 1. The molecule has 0 fully saturated rings. The predicted octanol–water partition coefficient (Wildman–Crippen LogP) is 3.57. The summed E-state index contributed by atoms with van der Waals surface area (Å²) < 4.78 is 0. The van der Waals surface area contributed by atoms with E-state index in [2.05, 4.69) is 0 Å². The zero-order chi connectivity index (χ0) is 13.8. The van der Waals surface area contributed by atoms with Crippen molar-refractivity contribution < 1.29 is 15.0 Å². The molecule has 0 aliphatic heterocycles. The SMILES string of the molecule is Cc1ccc(C=Cc2ccc(O)cc2)c(C(=O)O)c1. The van der Waals surface area contributed by atoms with Crippen molar-refractivity contribution in [3.8, 4) is 5.75 Å². The minimum absolute atomic E-state index is 0.207. The minimum Gasteiger partial charge on any atom is -0.508 e. The minimum atomic E-state index is -0.936. The Labute approximate surface area is 111 Å². The first-order valence-electron chi connectivity index (χ1n) is 5.87. The van der Waals surface area contributed by atoms with Crippen LogP contribution >= 0.6 is 0 Å². The summed E-state index contributed by atoms with van der Waals surface area (Å²) in [6.45, 7) is 1.86. The summed E-state index contributed by atoms with van der Waals surface area (Å²) >= 11 is 0. The van der Waals surface area contributed by atoms with E-state index in [1.165, 1.54) is 0 Å². The zero-order valence-electron chi connectivity index (χ0n) is 10.5. The normalized spacial score (nSPS) is 10.8. The van der Waals surface area contributed by atoms with Gasteiger partial charge in [-0.1, -0.05) is 42.0 Å². The smallest absolute Gasteiger partial charge is 0.336 e. The van der Waals surface area contributed by atoms with Crippen molar-refractivity contribution >= 4 is 18.1 Å². The highest BCUT2D eigenvalue weighted by Crippen LogP contribution is 2.17. The van der Waals surface area contributed by atoms with Gasteiger partial charge in [-0.15, -0.1) is 0 Å². The third-order valence-electron chi connectivity index (χ3n) is 2.79. The van der Waals surface area contributed by atoms with Gasteiger partial charge in [0.1, 0.15) is 5.75 Å². The molecule has 2 aromatic rings. The lowest BCUT2D eigenvalue weighted by Gasteiger charge is -2.02. The van der Waals surface area contributed by atoms with Crippen LogP contribution in [0.2, 0.25) is 0 Å². The number of aromatic carboxylic acids is 1. The highest BCUT2D eigenvalue weighted by molar-refractivity contribution is 5.93. The van der Waals surface area contributed by atoms with Crippen LogP contribution < -0.4 is 0 Å². The van der Waals surface area contributed by atoms with Gasteiger partial charge in [0.2, 0.25) is 0 Å². The molecular weight excluding hydrogens is 240 g/mol. The lowest BCUT2D eigenvalue weighted by atomic mass is 10.0. The summed E-state index contributed by atoms with van der Waals surface area (Å²) in [5.74, 6) is -0.729. The average Bonchev–Trinajstić information content (AvgIpc) is 2.39. The summed E-state index contributed by atoms with van der Waals surface area (Å²) in [4.78, 5) is 11.2. The Hall–Kier alpha value is -2.55. The molecule has 0 unspecified atom stereocenters. The lowest BCUT2D eigenvalue weighted by molar-refractivity contribution is 0.0696.